The molecule has 0 bridgehead atoms. The number of hydrogen-bond donors (Lipinski definition) is 0. The van der Waals surface area contributed by atoms with E-state index in [0.717, 1.165) is 0 Å². The SMILES string of the molecule is O=C=O.[K+].[SH-]. The van der Waals surface area contributed by atoms with Crippen molar-refractivity contribution in [1.82, 2.24) is 0 Å². The first-order valence-electron chi connectivity index (χ1n) is 0.408. The van der Waals surface area contributed by atoms with E-state index in [4.69, 9.17) is 9.59 Å². The summed E-state index contributed by atoms with van der Waals surface area (Å²) in [6.07, 6.45) is 0.250. The van der Waals surface area contributed by atoms with Crippen LogP contribution < -0.4 is 51.4 Å². The molecule has 0 unspecified atom stereocenters. The molecule has 0 saturated carbocycles. The maximum Gasteiger partial charge on any atom is 1.00 e. The molecule has 0 amide bonds. The third-order valence-corrected chi connectivity index (χ3v) is 0. The van der Waals surface area contributed by atoms with Crippen molar-refractivity contribution >= 4 is 19.6 Å². The number of rotatable bonds is 0. The van der Waals surface area contributed by atoms with Crippen LogP contribution in [0.25, 0.3) is 0 Å². The summed E-state index contributed by atoms with van der Waals surface area (Å²) in [4.78, 5) is 16.2. The predicted octanol–water partition coefficient (Wildman–Crippen LogP) is -3.85. The number of carbonyl (C=O) groups excluding carboxylic acids is 2. The molecule has 0 saturated heterocycles. The molecule has 0 aromatic rings. The average Bonchev–Trinajstić information content (AvgIpc) is 0.918. The normalized spacial score (nSPS) is 1.60. The summed E-state index contributed by atoms with van der Waals surface area (Å²) < 4.78 is 0. The van der Waals surface area contributed by atoms with Crippen LogP contribution >= 0.6 is 0 Å². The van der Waals surface area contributed by atoms with Crippen LogP contribution in [0.2, 0.25) is 0 Å². The van der Waals surface area contributed by atoms with Gasteiger partial charge in [0.15, 0.2) is 0 Å². The van der Waals surface area contributed by atoms with Crippen LogP contribution in [0.3, 0.4) is 0 Å². The van der Waals surface area contributed by atoms with Crippen LogP contribution in [0.4, 0.5) is 0 Å². The Morgan fingerprint density at radius 3 is 1.20 bits per heavy atom. The van der Waals surface area contributed by atoms with Gasteiger partial charge in [-0.25, -0.2) is 0 Å². The van der Waals surface area contributed by atoms with Crippen LogP contribution in [-0.4, -0.2) is 6.15 Å². The van der Waals surface area contributed by atoms with Gasteiger partial charge in [-0.2, -0.15) is 9.59 Å². The van der Waals surface area contributed by atoms with E-state index >= 15 is 0 Å². The van der Waals surface area contributed by atoms with Gasteiger partial charge in [-0.15, -0.1) is 0 Å². The Bertz CT molecular complexity index is 30.6. The fourth-order valence-corrected chi connectivity index (χ4v) is 0. The van der Waals surface area contributed by atoms with E-state index in [1.165, 1.54) is 0 Å². The van der Waals surface area contributed by atoms with Gasteiger partial charge in [0.05, 0.1) is 0 Å². The van der Waals surface area contributed by atoms with E-state index in [-0.39, 0.29) is 71.0 Å². The molecule has 2 nitrogen and oxygen atoms in total. The van der Waals surface area contributed by atoms with Gasteiger partial charge in [0.2, 0.25) is 0 Å². The summed E-state index contributed by atoms with van der Waals surface area (Å²) in [7, 11) is 0. The summed E-state index contributed by atoms with van der Waals surface area (Å²) in [6, 6.07) is 0. The van der Waals surface area contributed by atoms with Gasteiger partial charge >= 0.3 is 57.5 Å². The summed E-state index contributed by atoms with van der Waals surface area (Å²) >= 11 is 0. The summed E-state index contributed by atoms with van der Waals surface area (Å²) in [5.41, 5.74) is 0. The molecule has 0 aliphatic rings. The van der Waals surface area contributed by atoms with Crippen molar-refractivity contribution in [2.24, 2.45) is 0 Å². The van der Waals surface area contributed by atoms with E-state index in [9.17, 15) is 0 Å². The van der Waals surface area contributed by atoms with Crippen molar-refractivity contribution in [2.75, 3.05) is 0 Å². The van der Waals surface area contributed by atoms with Crippen LogP contribution in [0, 0.1) is 0 Å². The Balaban J connectivity index is -0.0000000200. The summed E-state index contributed by atoms with van der Waals surface area (Å²) in [6.45, 7) is 0. The largest absolute Gasteiger partial charge is 1.00 e. The molecule has 0 atom stereocenters. The smallest absolute Gasteiger partial charge is 0.813 e. The molecular formula is CHKO2S. The Hall–Kier alpha value is 1.37. The molecule has 0 fully saturated rings. The Morgan fingerprint density at radius 2 is 1.20 bits per heavy atom. The third-order valence-electron chi connectivity index (χ3n) is 0. The predicted molar refractivity (Wildman–Crippen MR) is 13.8 cm³/mol. The van der Waals surface area contributed by atoms with E-state index in [2.05, 4.69) is 0 Å². The Kier molecular flexibility index (Phi) is 59.1. The van der Waals surface area contributed by atoms with Crippen LogP contribution in [0.1, 0.15) is 0 Å². The molecule has 0 N–H and O–H groups in total. The molecule has 0 aliphatic heterocycles. The second-order valence-corrected chi connectivity index (χ2v) is 0.0833. The van der Waals surface area contributed by atoms with Gasteiger partial charge in [0.1, 0.15) is 0 Å². The first kappa shape index (κ1) is 16.2. The van der Waals surface area contributed by atoms with Crippen molar-refractivity contribution in [3.05, 3.63) is 0 Å². The maximum atomic E-state index is 8.12. The van der Waals surface area contributed by atoms with Gasteiger partial charge < -0.3 is 13.5 Å². The van der Waals surface area contributed by atoms with E-state index in [1.807, 2.05) is 0 Å². The Morgan fingerprint density at radius 1 is 1.20 bits per heavy atom. The molecule has 24 valence electrons. The zero-order valence-electron chi connectivity index (χ0n) is 2.76. The van der Waals surface area contributed by atoms with E-state index < -0.39 is 0 Å². The summed E-state index contributed by atoms with van der Waals surface area (Å²) in [5, 5.41) is 0. The quantitative estimate of drug-likeness (QED) is 0.185. The van der Waals surface area contributed by atoms with Crippen LogP contribution in [0.5, 0.6) is 0 Å². The van der Waals surface area contributed by atoms with Gasteiger partial charge in [0, 0.05) is 0 Å². The fraction of sp³-hybridized carbons (Fsp3) is 0. The monoisotopic (exact) mass is 116 g/mol. The minimum absolute atomic E-state index is 0. The second-order valence-electron chi connectivity index (χ2n) is 0.0833. The molecule has 0 aromatic heterocycles. The summed E-state index contributed by atoms with van der Waals surface area (Å²) in [5.74, 6) is 0. The van der Waals surface area contributed by atoms with Crippen LogP contribution in [0.15, 0.2) is 0 Å². The molecule has 0 heterocycles. The second kappa shape index (κ2) is 18.3. The van der Waals surface area contributed by atoms with Gasteiger partial charge in [0.25, 0.3) is 0 Å². The van der Waals surface area contributed by atoms with Crippen LogP contribution in [-0.2, 0) is 23.1 Å². The van der Waals surface area contributed by atoms with Crippen molar-refractivity contribution in [1.29, 1.82) is 0 Å². The van der Waals surface area contributed by atoms with Gasteiger partial charge in [-0.05, 0) is 0 Å². The van der Waals surface area contributed by atoms with Gasteiger partial charge in [-0.3, -0.25) is 0 Å². The minimum atomic E-state index is 0. The molecule has 0 aliphatic carbocycles. The van der Waals surface area contributed by atoms with E-state index in [1.54, 1.807) is 0 Å². The standard InChI is InChI=1S/CO2.K.H2S/c2-1-3;;/h;;1H2/q;+1;/p-1. The zero-order valence-corrected chi connectivity index (χ0v) is 6.78. The van der Waals surface area contributed by atoms with Crippen molar-refractivity contribution in [3.8, 4) is 0 Å². The van der Waals surface area contributed by atoms with Gasteiger partial charge in [-0.1, -0.05) is 0 Å². The molecule has 0 rings (SSSR count). The molecule has 0 spiro atoms. The zero-order chi connectivity index (χ0) is 2.71. The average molecular weight is 116 g/mol. The topological polar surface area (TPSA) is 34.1 Å². The molecular weight excluding hydrogens is 115 g/mol. The molecule has 0 radical (unpaired) electrons. The Labute approximate surface area is 79.2 Å². The fourth-order valence-electron chi connectivity index (χ4n) is 0. The van der Waals surface area contributed by atoms with Crippen molar-refractivity contribution in [2.45, 2.75) is 0 Å². The molecule has 4 heteroatoms. The van der Waals surface area contributed by atoms with Crippen molar-refractivity contribution in [3.63, 3.8) is 0 Å². The maximum absolute atomic E-state index is 8.12. The van der Waals surface area contributed by atoms with E-state index in [0.29, 0.717) is 0 Å². The number of hydrogen-bond acceptors (Lipinski definition) is 3. The first-order valence-corrected chi connectivity index (χ1v) is 0.408. The minimum Gasteiger partial charge on any atom is -0.813 e. The number of thiol groups is 1. The third kappa shape index (κ3) is 32.6. The molecule has 5 heavy (non-hydrogen) atoms. The first-order chi connectivity index (χ1) is 1.41. The molecule has 0 aromatic carbocycles. The van der Waals surface area contributed by atoms with Crippen molar-refractivity contribution < 1.29 is 61.0 Å².